The van der Waals surface area contributed by atoms with Crippen molar-refractivity contribution in [2.24, 2.45) is 5.41 Å². The summed E-state index contributed by atoms with van der Waals surface area (Å²) in [7, 11) is 0. The number of nitrogens with zero attached hydrogens (tertiary/aromatic N) is 2. The van der Waals surface area contributed by atoms with Gasteiger partial charge in [0.2, 0.25) is 5.91 Å². The first-order chi connectivity index (χ1) is 12.6. The monoisotopic (exact) mass is 383 g/mol. The number of halogens is 4. The Morgan fingerprint density at radius 1 is 1.19 bits per heavy atom. The highest BCUT2D eigenvalue weighted by Gasteiger charge is 2.48. The number of benzene rings is 1. The summed E-state index contributed by atoms with van der Waals surface area (Å²) in [5, 5.41) is 6.94. The fourth-order valence-electron chi connectivity index (χ4n) is 3.18. The van der Waals surface area contributed by atoms with E-state index in [1.807, 2.05) is 0 Å². The van der Waals surface area contributed by atoms with E-state index < -0.39 is 29.7 Å². The minimum Gasteiger partial charge on any atom is -0.309 e. The van der Waals surface area contributed by atoms with Crippen molar-refractivity contribution < 1.29 is 22.4 Å². The molecule has 1 N–H and O–H groups in total. The fraction of sp³-hybridized carbons (Fsp3) is 0.474. The summed E-state index contributed by atoms with van der Waals surface area (Å²) in [6.45, 7) is 2.66. The van der Waals surface area contributed by atoms with Crippen LogP contribution in [0.2, 0.25) is 0 Å². The molecule has 4 nitrogen and oxygen atoms in total. The number of aromatic nitrogens is 2. The lowest BCUT2D eigenvalue weighted by atomic mass is 9.88. The van der Waals surface area contributed by atoms with Crippen molar-refractivity contribution in [1.82, 2.24) is 9.78 Å². The number of carbonyl (C=O) groups is 1. The molecule has 2 aromatic rings. The van der Waals surface area contributed by atoms with E-state index in [0.29, 0.717) is 17.7 Å². The van der Waals surface area contributed by atoms with Gasteiger partial charge in [-0.1, -0.05) is 26.0 Å². The van der Waals surface area contributed by atoms with E-state index in [1.165, 1.54) is 12.1 Å². The van der Waals surface area contributed by atoms with Gasteiger partial charge >= 0.3 is 6.18 Å². The van der Waals surface area contributed by atoms with Gasteiger partial charge in [0, 0.05) is 24.2 Å². The molecule has 0 bridgehead atoms. The van der Waals surface area contributed by atoms with Crippen molar-refractivity contribution >= 4 is 11.7 Å². The molecule has 0 radical (unpaired) electrons. The van der Waals surface area contributed by atoms with Crippen LogP contribution in [0.1, 0.15) is 38.8 Å². The molecule has 3 rings (SSSR count). The van der Waals surface area contributed by atoms with Crippen LogP contribution in [0.25, 0.3) is 11.1 Å². The molecular formula is C19H21F4N3O. The Balaban J connectivity index is 1.92. The maximum absolute atomic E-state index is 13.3. The molecule has 0 atom stereocenters. The van der Waals surface area contributed by atoms with Gasteiger partial charge in [0.25, 0.3) is 0 Å². The Bertz CT molecular complexity index is 838. The van der Waals surface area contributed by atoms with Gasteiger partial charge in [0.05, 0.1) is 5.41 Å². The van der Waals surface area contributed by atoms with Crippen LogP contribution in [0, 0.1) is 11.2 Å². The van der Waals surface area contributed by atoms with Crippen molar-refractivity contribution in [2.75, 3.05) is 5.32 Å². The number of aryl methyl sites for hydroxylation is 1. The first-order valence-electron chi connectivity index (χ1n) is 8.81. The van der Waals surface area contributed by atoms with E-state index in [9.17, 15) is 22.4 Å². The van der Waals surface area contributed by atoms with Gasteiger partial charge in [-0.25, -0.2) is 4.39 Å². The van der Waals surface area contributed by atoms with Crippen LogP contribution in [0.4, 0.5) is 23.4 Å². The van der Waals surface area contributed by atoms with Crippen molar-refractivity contribution in [3.63, 3.8) is 0 Å². The van der Waals surface area contributed by atoms with Crippen LogP contribution < -0.4 is 5.32 Å². The third kappa shape index (κ3) is 3.99. The molecule has 0 spiro atoms. The zero-order valence-electron chi connectivity index (χ0n) is 15.2. The van der Waals surface area contributed by atoms with Crippen molar-refractivity contribution in [1.29, 1.82) is 0 Å². The molecular weight excluding hydrogens is 362 g/mol. The highest BCUT2D eigenvalue weighted by molar-refractivity contribution is 5.95. The van der Waals surface area contributed by atoms with Crippen LogP contribution in [0.15, 0.2) is 24.3 Å². The molecule has 1 aromatic carbocycles. The molecule has 1 amide bonds. The minimum absolute atomic E-state index is 0.224. The minimum atomic E-state index is -4.49. The summed E-state index contributed by atoms with van der Waals surface area (Å²) < 4.78 is 54.2. The summed E-state index contributed by atoms with van der Waals surface area (Å²) in [5.41, 5.74) is 0.0722. The average Bonchev–Trinajstić information content (AvgIpc) is 2.91. The molecule has 2 heterocycles. The SMILES string of the molecule is CC(C)(CC(=O)Nc1nn2c(c1-c1ccc(F)cc1)CCCC2)C(F)(F)F. The van der Waals surface area contributed by atoms with E-state index in [4.69, 9.17) is 0 Å². The number of carbonyl (C=O) groups excluding carboxylic acids is 1. The van der Waals surface area contributed by atoms with Gasteiger partial charge in [-0.15, -0.1) is 0 Å². The lowest BCUT2D eigenvalue weighted by molar-refractivity contribution is -0.213. The first kappa shape index (κ1) is 19.4. The van der Waals surface area contributed by atoms with Crippen LogP contribution in [0.3, 0.4) is 0 Å². The van der Waals surface area contributed by atoms with Crippen molar-refractivity contribution in [3.8, 4) is 11.1 Å². The van der Waals surface area contributed by atoms with E-state index in [0.717, 1.165) is 38.8 Å². The molecule has 27 heavy (non-hydrogen) atoms. The van der Waals surface area contributed by atoms with Crippen LogP contribution in [-0.4, -0.2) is 21.9 Å². The van der Waals surface area contributed by atoms with Gasteiger partial charge in [-0.05, 0) is 37.0 Å². The molecule has 0 saturated carbocycles. The second-order valence-corrected chi connectivity index (χ2v) is 7.46. The number of fused-ring (bicyclic) bond motifs is 1. The predicted octanol–water partition coefficient (Wildman–Crippen LogP) is 4.94. The molecule has 0 fully saturated rings. The average molecular weight is 383 g/mol. The lowest BCUT2D eigenvalue weighted by Gasteiger charge is -2.26. The van der Waals surface area contributed by atoms with Gasteiger partial charge in [-0.2, -0.15) is 18.3 Å². The molecule has 1 aliphatic heterocycles. The van der Waals surface area contributed by atoms with E-state index in [1.54, 1.807) is 16.8 Å². The zero-order chi connectivity index (χ0) is 19.8. The Labute approximate surface area is 154 Å². The summed E-state index contributed by atoms with van der Waals surface area (Å²) in [5.74, 6) is -0.921. The Morgan fingerprint density at radius 2 is 1.85 bits per heavy atom. The number of nitrogens with one attached hydrogen (secondary N) is 1. The Hall–Kier alpha value is -2.38. The fourth-order valence-corrected chi connectivity index (χ4v) is 3.18. The molecule has 0 aliphatic carbocycles. The van der Waals surface area contributed by atoms with Crippen molar-refractivity contribution in [2.45, 2.75) is 52.3 Å². The number of anilines is 1. The summed E-state index contributed by atoms with van der Waals surface area (Å²) in [4.78, 5) is 12.3. The zero-order valence-corrected chi connectivity index (χ0v) is 15.2. The summed E-state index contributed by atoms with van der Waals surface area (Å²) in [6.07, 6.45) is -2.57. The van der Waals surface area contributed by atoms with E-state index in [-0.39, 0.29) is 5.82 Å². The summed E-state index contributed by atoms with van der Waals surface area (Å²) >= 11 is 0. The lowest BCUT2D eigenvalue weighted by Crippen LogP contribution is -2.36. The highest BCUT2D eigenvalue weighted by Crippen LogP contribution is 2.41. The van der Waals surface area contributed by atoms with Gasteiger partial charge in [0.1, 0.15) is 5.82 Å². The highest BCUT2D eigenvalue weighted by atomic mass is 19.4. The number of alkyl halides is 3. The van der Waals surface area contributed by atoms with Gasteiger partial charge < -0.3 is 5.32 Å². The second-order valence-electron chi connectivity index (χ2n) is 7.46. The van der Waals surface area contributed by atoms with E-state index in [2.05, 4.69) is 10.4 Å². The van der Waals surface area contributed by atoms with Crippen molar-refractivity contribution in [3.05, 3.63) is 35.8 Å². The van der Waals surface area contributed by atoms with Crippen LogP contribution >= 0.6 is 0 Å². The molecule has 8 heteroatoms. The number of hydrogen-bond acceptors (Lipinski definition) is 2. The quantitative estimate of drug-likeness (QED) is 0.760. The third-order valence-corrected chi connectivity index (χ3v) is 4.85. The van der Waals surface area contributed by atoms with Crippen LogP contribution in [0.5, 0.6) is 0 Å². The maximum atomic E-state index is 13.3. The van der Waals surface area contributed by atoms with Crippen LogP contribution in [-0.2, 0) is 17.8 Å². The predicted molar refractivity (Wildman–Crippen MR) is 93.6 cm³/mol. The van der Waals surface area contributed by atoms with Gasteiger partial charge in [-0.3, -0.25) is 9.48 Å². The number of amides is 1. The van der Waals surface area contributed by atoms with E-state index >= 15 is 0 Å². The molecule has 1 aliphatic rings. The first-order valence-corrected chi connectivity index (χ1v) is 8.81. The Morgan fingerprint density at radius 3 is 2.48 bits per heavy atom. The Kier molecular flexibility index (Phi) is 5.01. The second kappa shape index (κ2) is 6.98. The maximum Gasteiger partial charge on any atom is 0.394 e. The normalized spacial score (nSPS) is 14.7. The number of hydrogen-bond donors (Lipinski definition) is 1. The molecule has 0 saturated heterocycles. The van der Waals surface area contributed by atoms with Gasteiger partial charge in [0.15, 0.2) is 5.82 Å². The smallest absolute Gasteiger partial charge is 0.309 e. The standard InChI is InChI=1S/C19H21F4N3O/c1-18(2,19(21,22)23)11-15(27)24-17-16(12-6-8-13(20)9-7-12)14-5-3-4-10-26(14)25-17/h6-9H,3-5,10-11H2,1-2H3,(H,24,25,27). The largest absolute Gasteiger partial charge is 0.394 e. The molecule has 1 aromatic heterocycles. The third-order valence-electron chi connectivity index (χ3n) is 4.85. The summed E-state index contributed by atoms with van der Waals surface area (Å²) in [6, 6.07) is 5.77. The molecule has 0 unspecified atom stereocenters. The topological polar surface area (TPSA) is 46.9 Å². The molecule has 146 valence electrons. The number of rotatable bonds is 4.